The van der Waals surface area contributed by atoms with Gasteiger partial charge in [-0.15, -0.1) is 0 Å². The van der Waals surface area contributed by atoms with Crippen molar-refractivity contribution in [3.8, 4) is 0 Å². The Hall–Kier alpha value is -1.96. The smallest absolute Gasteiger partial charge is 0.224 e. The molecule has 2 aromatic rings. The van der Waals surface area contributed by atoms with Crippen LogP contribution in [0.1, 0.15) is 5.69 Å². The highest BCUT2D eigenvalue weighted by molar-refractivity contribution is 6.65. The van der Waals surface area contributed by atoms with E-state index >= 15 is 0 Å². The van der Waals surface area contributed by atoms with E-state index in [1.807, 2.05) is 0 Å². The van der Waals surface area contributed by atoms with Crippen LogP contribution in [0.2, 0.25) is 10.3 Å². The molecular weight excluding hydrogens is 380 g/mol. The Morgan fingerprint density at radius 2 is 2.08 bits per heavy atom. The van der Waals surface area contributed by atoms with Crippen LogP contribution in [0.5, 0.6) is 0 Å². The van der Waals surface area contributed by atoms with Gasteiger partial charge >= 0.3 is 0 Å². The van der Waals surface area contributed by atoms with Crippen LogP contribution in [0, 0.1) is 5.82 Å². The topological polar surface area (TPSA) is 70.5 Å². The van der Waals surface area contributed by atoms with Crippen molar-refractivity contribution in [1.29, 1.82) is 0 Å². The maximum Gasteiger partial charge on any atom is 0.224 e. The first kappa shape index (κ1) is 16.9. The molecule has 24 heavy (non-hydrogen) atoms. The number of nitrogens with one attached hydrogen (secondary N) is 1. The molecule has 6 nitrogen and oxygen atoms in total. The van der Waals surface area contributed by atoms with Gasteiger partial charge in [0.25, 0.3) is 0 Å². The normalized spacial score (nSPS) is 13.3. The van der Waals surface area contributed by atoms with Crippen molar-refractivity contribution in [1.82, 2.24) is 14.9 Å². The van der Waals surface area contributed by atoms with E-state index in [1.165, 1.54) is 18.2 Å². The third-order valence-electron chi connectivity index (χ3n) is 3.21. The van der Waals surface area contributed by atoms with Crippen molar-refractivity contribution in [3.63, 3.8) is 0 Å². The predicted molar refractivity (Wildman–Crippen MR) is 91.2 cm³/mol. The first-order valence-electron chi connectivity index (χ1n) is 6.69. The number of aliphatic imine (C=N–C) groups is 1. The Morgan fingerprint density at radius 3 is 2.79 bits per heavy atom. The van der Waals surface area contributed by atoms with E-state index < -0.39 is 5.82 Å². The summed E-state index contributed by atoms with van der Waals surface area (Å²) in [6, 6.07) is 4.13. The van der Waals surface area contributed by atoms with Crippen molar-refractivity contribution in [2.75, 3.05) is 11.9 Å². The molecule has 0 atom stereocenters. The van der Waals surface area contributed by atoms with Gasteiger partial charge in [-0.1, -0.05) is 11.6 Å². The lowest BCUT2D eigenvalue weighted by Crippen LogP contribution is -2.31. The minimum absolute atomic E-state index is 0.00346. The number of hydrogen-bond donors (Lipinski definition) is 1. The summed E-state index contributed by atoms with van der Waals surface area (Å²) in [5, 5.41) is 3.08. The number of hydrogen-bond acceptors (Lipinski definition) is 6. The summed E-state index contributed by atoms with van der Waals surface area (Å²) in [5.41, 5.74) is 1.41. The van der Waals surface area contributed by atoms with Gasteiger partial charge in [0.1, 0.15) is 17.8 Å². The Bertz CT molecular complexity index is 845. The number of aldehydes is 1. The second-order valence-electron chi connectivity index (χ2n) is 4.82. The van der Waals surface area contributed by atoms with Crippen LogP contribution in [-0.4, -0.2) is 33.0 Å². The lowest BCUT2D eigenvalue weighted by Gasteiger charge is -2.25. The van der Waals surface area contributed by atoms with Crippen LogP contribution in [-0.2, 0) is 11.3 Å². The fraction of sp³-hybridized carbons (Fsp3) is 0.143. The zero-order valence-corrected chi connectivity index (χ0v) is 14.2. The number of nitrogens with zero attached hydrogens (tertiary/aromatic N) is 4. The van der Waals surface area contributed by atoms with Crippen LogP contribution >= 0.6 is 34.8 Å². The van der Waals surface area contributed by atoms with E-state index in [0.29, 0.717) is 29.2 Å². The van der Waals surface area contributed by atoms with Crippen LogP contribution in [0.25, 0.3) is 0 Å². The maximum atomic E-state index is 13.3. The largest absolute Gasteiger partial charge is 0.338 e. The molecule has 0 amide bonds. The molecule has 0 unspecified atom stereocenters. The molecule has 0 saturated carbocycles. The van der Waals surface area contributed by atoms with Gasteiger partial charge < -0.3 is 15.0 Å². The van der Waals surface area contributed by atoms with Crippen molar-refractivity contribution in [3.05, 3.63) is 40.0 Å². The minimum atomic E-state index is -0.532. The van der Waals surface area contributed by atoms with Gasteiger partial charge in [0.05, 0.1) is 23.8 Å². The molecule has 1 aliphatic heterocycles. The van der Waals surface area contributed by atoms with E-state index in [1.54, 1.807) is 4.90 Å². The SMILES string of the molecule is O=CCN1Cc2nc(Cl)nc(Nc3ccc(F)c(Cl)c3)c2N=C1Cl. The highest BCUT2D eigenvalue weighted by Crippen LogP contribution is 2.35. The highest BCUT2D eigenvalue weighted by atomic mass is 35.5. The molecule has 0 bridgehead atoms. The third kappa shape index (κ3) is 3.43. The average Bonchev–Trinajstić information content (AvgIpc) is 2.53. The van der Waals surface area contributed by atoms with Crippen LogP contribution in [0.15, 0.2) is 23.2 Å². The van der Waals surface area contributed by atoms with Gasteiger partial charge in [0, 0.05) is 5.69 Å². The predicted octanol–water partition coefficient (Wildman–Crippen LogP) is 3.91. The molecule has 1 aromatic carbocycles. The molecule has 1 aliphatic rings. The maximum absolute atomic E-state index is 13.3. The van der Waals surface area contributed by atoms with Crippen LogP contribution < -0.4 is 5.32 Å². The van der Waals surface area contributed by atoms with Gasteiger partial charge in [0.15, 0.2) is 11.1 Å². The molecular formula is C14H9Cl3FN5O. The Balaban J connectivity index is 1.99. The quantitative estimate of drug-likeness (QED) is 0.488. The Kier molecular flexibility index (Phi) is 4.84. The summed E-state index contributed by atoms with van der Waals surface area (Å²) < 4.78 is 13.3. The number of rotatable bonds is 4. The number of amidine groups is 1. The molecule has 0 radical (unpaired) electrons. The van der Waals surface area contributed by atoms with E-state index in [-0.39, 0.29) is 28.7 Å². The summed E-state index contributed by atoms with van der Waals surface area (Å²) >= 11 is 17.8. The average molecular weight is 389 g/mol. The molecule has 124 valence electrons. The van der Waals surface area contributed by atoms with E-state index in [9.17, 15) is 9.18 Å². The second kappa shape index (κ2) is 6.88. The zero-order chi connectivity index (χ0) is 17.3. The van der Waals surface area contributed by atoms with Gasteiger partial charge in [0.2, 0.25) is 5.28 Å². The number of fused-ring (bicyclic) bond motifs is 1. The fourth-order valence-corrected chi connectivity index (χ4v) is 2.72. The van der Waals surface area contributed by atoms with Gasteiger partial charge in [-0.3, -0.25) is 0 Å². The summed E-state index contributed by atoms with van der Waals surface area (Å²) in [4.78, 5) is 24.7. The van der Waals surface area contributed by atoms with E-state index in [2.05, 4.69) is 20.3 Å². The second-order valence-corrected chi connectivity index (χ2v) is 5.90. The molecule has 3 rings (SSSR count). The van der Waals surface area contributed by atoms with Crippen molar-refractivity contribution >= 4 is 63.6 Å². The lowest BCUT2D eigenvalue weighted by molar-refractivity contribution is -0.108. The number of benzene rings is 1. The van der Waals surface area contributed by atoms with Crippen molar-refractivity contribution < 1.29 is 9.18 Å². The Labute approximate surface area is 151 Å². The van der Waals surface area contributed by atoms with Gasteiger partial charge in [-0.2, -0.15) is 4.98 Å². The molecule has 0 spiro atoms. The molecule has 2 heterocycles. The first-order chi connectivity index (χ1) is 11.5. The molecule has 1 N–H and O–H groups in total. The molecule has 1 aromatic heterocycles. The van der Waals surface area contributed by atoms with Crippen LogP contribution in [0.3, 0.4) is 0 Å². The zero-order valence-electron chi connectivity index (χ0n) is 11.9. The molecule has 0 aliphatic carbocycles. The monoisotopic (exact) mass is 387 g/mol. The van der Waals surface area contributed by atoms with E-state index in [4.69, 9.17) is 34.8 Å². The van der Waals surface area contributed by atoms with Crippen molar-refractivity contribution in [2.24, 2.45) is 4.99 Å². The Morgan fingerprint density at radius 1 is 1.29 bits per heavy atom. The van der Waals surface area contributed by atoms with Gasteiger partial charge in [-0.05, 0) is 41.4 Å². The van der Waals surface area contributed by atoms with Crippen LogP contribution in [0.4, 0.5) is 21.6 Å². The number of halogens is 4. The van der Waals surface area contributed by atoms with Crippen molar-refractivity contribution in [2.45, 2.75) is 6.54 Å². The summed E-state index contributed by atoms with van der Waals surface area (Å²) in [7, 11) is 0. The minimum Gasteiger partial charge on any atom is -0.338 e. The van der Waals surface area contributed by atoms with E-state index in [0.717, 1.165) is 0 Å². The number of anilines is 2. The number of carbonyl (C=O) groups is 1. The standard InChI is InChI=1S/C14H9Cl3FN5O/c15-8-5-7(1-2-9(8)18)19-12-11-10(20-13(16)22-12)6-23(3-4-24)14(17)21-11/h1-2,4-5H,3,6H2,(H,19,20,22). The molecule has 0 saturated heterocycles. The van der Waals surface area contributed by atoms with Gasteiger partial charge in [-0.25, -0.2) is 14.4 Å². The fourth-order valence-electron chi connectivity index (χ4n) is 2.14. The summed E-state index contributed by atoms with van der Waals surface area (Å²) in [5.74, 6) is -0.230. The first-order valence-corrected chi connectivity index (χ1v) is 7.82. The number of carbonyl (C=O) groups excluding carboxylic acids is 1. The summed E-state index contributed by atoms with van der Waals surface area (Å²) in [6.07, 6.45) is 0.714. The molecule has 0 fully saturated rings. The third-order valence-corrected chi connectivity index (χ3v) is 3.99. The molecule has 10 heteroatoms. The highest BCUT2D eigenvalue weighted by Gasteiger charge is 2.23. The lowest BCUT2D eigenvalue weighted by atomic mass is 10.2. The summed E-state index contributed by atoms with van der Waals surface area (Å²) in [6.45, 7) is 0.344. The number of aromatic nitrogens is 2.